The Morgan fingerprint density at radius 1 is 1.43 bits per heavy atom. The van der Waals surface area contributed by atoms with Crippen molar-refractivity contribution in [1.29, 1.82) is 0 Å². The van der Waals surface area contributed by atoms with Crippen LogP contribution in [0.2, 0.25) is 0 Å². The van der Waals surface area contributed by atoms with E-state index in [1.807, 2.05) is 23.2 Å². The zero-order chi connectivity index (χ0) is 14.7. The van der Waals surface area contributed by atoms with Crippen molar-refractivity contribution in [3.8, 4) is 12.3 Å². The molecule has 0 unspecified atom stereocenters. The maximum atomic E-state index is 12.3. The SMILES string of the molecule is C#CCCC1(CCC(=O)N2CCc3ncccc3C2)N=N1. The molecule has 0 saturated carbocycles. The maximum Gasteiger partial charge on any atom is 0.223 e. The van der Waals surface area contributed by atoms with Crippen LogP contribution in [-0.4, -0.2) is 28.0 Å². The van der Waals surface area contributed by atoms with E-state index in [0.717, 1.165) is 30.6 Å². The average molecular weight is 282 g/mol. The van der Waals surface area contributed by atoms with Crippen molar-refractivity contribution in [2.45, 2.75) is 44.3 Å². The molecule has 0 saturated heterocycles. The van der Waals surface area contributed by atoms with Crippen molar-refractivity contribution in [3.05, 3.63) is 29.6 Å². The van der Waals surface area contributed by atoms with Crippen molar-refractivity contribution < 1.29 is 4.79 Å². The number of rotatable bonds is 5. The zero-order valence-corrected chi connectivity index (χ0v) is 12.0. The summed E-state index contributed by atoms with van der Waals surface area (Å²) < 4.78 is 0. The molecule has 0 atom stereocenters. The maximum absolute atomic E-state index is 12.3. The van der Waals surface area contributed by atoms with Gasteiger partial charge in [-0.25, -0.2) is 0 Å². The Bertz CT molecular complexity index is 611. The van der Waals surface area contributed by atoms with Gasteiger partial charge in [0.15, 0.2) is 5.66 Å². The van der Waals surface area contributed by atoms with Gasteiger partial charge in [0.05, 0.1) is 0 Å². The second-order valence-electron chi connectivity index (χ2n) is 5.56. The van der Waals surface area contributed by atoms with Crippen LogP contribution >= 0.6 is 0 Å². The summed E-state index contributed by atoms with van der Waals surface area (Å²) in [5.41, 5.74) is 1.90. The number of nitrogens with zero attached hydrogens (tertiary/aromatic N) is 4. The smallest absolute Gasteiger partial charge is 0.223 e. The summed E-state index contributed by atoms with van der Waals surface area (Å²) in [6.45, 7) is 1.40. The van der Waals surface area contributed by atoms with Gasteiger partial charge in [0, 0.05) is 57.1 Å². The zero-order valence-electron chi connectivity index (χ0n) is 12.0. The molecule has 3 heterocycles. The molecule has 0 radical (unpaired) electrons. The quantitative estimate of drug-likeness (QED) is 0.778. The van der Waals surface area contributed by atoms with Gasteiger partial charge in [0.25, 0.3) is 0 Å². The second-order valence-corrected chi connectivity index (χ2v) is 5.56. The van der Waals surface area contributed by atoms with Crippen molar-refractivity contribution in [3.63, 3.8) is 0 Å². The highest BCUT2D eigenvalue weighted by atomic mass is 16.2. The van der Waals surface area contributed by atoms with E-state index in [4.69, 9.17) is 6.42 Å². The fraction of sp³-hybridized carbons (Fsp3) is 0.500. The molecule has 0 aliphatic carbocycles. The van der Waals surface area contributed by atoms with E-state index in [1.54, 1.807) is 0 Å². The number of hydrogen-bond donors (Lipinski definition) is 0. The van der Waals surface area contributed by atoms with Gasteiger partial charge in [-0.15, -0.1) is 12.3 Å². The summed E-state index contributed by atoms with van der Waals surface area (Å²) >= 11 is 0. The third kappa shape index (κ3) is 3.10. The van der Waals surface area contributed by atoms with Crippen LogP contribution in [0.25, 0.3) is 0 Å². The van der Waals surface area contributed by atoms with Crippen molar-refractivity contribution >= 4 is 5.91 Å². The van der Waals surface area contributed by atoms with Crippen LogP contribution in [0.1, 0.15) is 36.9 Å². The van der Waals surface area contributed by atoms with E-state index in [2.05, 4.69) is 21.1 Å². The van der Waals surface area contributed by atoms with Crippen LogP contribution in [0.5, 0.6) is 0 Å². The number of aromatic nitrogens is 1. The largest absolute Gasteiger partial charge is 0.338 e. The molecule has 0 N–H and O–H groups in total. The number of fused-ring (bicyclic) bond motifs is 1. The van der Waals surface area contributed by atoms with Crippen LogP contribution in [0.4, 0.5) is 0 Å². The van der Waals surface area contributed by atoms with Gasteiger partial charge in [0.2, 0.25) is 5.91 Å². The lowest BCUT2D eigenvalue weighted by atomic mass is 10.0. The number of amides is 1. The van der Waals surface area contributed by atoms with Crippen molar-refractivity contribution in [2.24, 2.45) is 10.2 Å². The molecule has 1 amide bonds. The van der Waals surface area contributed by atoms with Crippen LogP contribution in [0.15, 0.2) is 28.6 Å². The van der Waals surface area contributed by atoms with E-state index in [9.17, 15) is 4.79 Å². The molecule has 0 aromatic carbocycles. The van der Waals surface area contributed by atoms with Crippen LogP contribution < -0.4 is 0 Å². The van der Waals surface area contributed by atoms with Crippen molar-refractivity contribution in [1.82, 2.24) is 9.88 Å². The monoisotopic (exact) mass is 282 g/mol. The van der Waals surface area contributed by atoms with E-state index in [0.29, 0.717) is 25.8 Å². The number of carbonyl (C=O) groups is 1. The number of pyridine rings is 1. The van der Waals surface area contributed by atoms with Gasteiger partial charge in [-0.05, 0) is 11.6 Å². The minimum Gasteiger partial charge on any atom is -0.338 e. The molecule has 0 spiro atoms. The Morgan fingerprint density at radius 2 is 2.29 bits per heavy atom. The van der Waals surface area contributed by atoms with Gasteiger partial charge < -0.3 is 4.90 Å². The third-order valence-electron chi connectivity index (χ3n) is 4.11. The number of hydrogen-bond acceptors (Lipinski definition) is 4. The predicted octanol–water partition coefficient (Wildman–Crippen LogP) is 2.32. The van der Waals surface area contributed by atoms with Crippen LogP contribution in [0, 0.1) is 12.3 Å². The Labute approximate surface area is 124 Å². The fourth-order valence-corrected chi connectivity index (χ4v) is 2.71. The highest BCUT2D eigenvalue weighted by Gasteiger charge is 2.39. The van der Waals surface area contributed by atoms with E-state index >= 15 is 0 Å². The van der Waals surface area contributed by atoms with Crippen molar-refractivity contribution in [2.75, 3.05) is 6.54 Å². The number of carbonyl (C=O) groups excluding carboxylic acids is 1. The molecule has 2 aliphatic rings. The first-order chi connectivity index (χ1) is 10.2. The molecule has 2 aliphatic heterocycles. The molecule has 5 nitrogen and oxygen atoms in total. The third-order valence-corrected chi connectivity index (χ3v) is 4.11. The predicted molar refractivity (Wildman–Crippen MR) is 78.2 cm³/mol. The highest BCUT2D eigenvalue weighted by Crippen LogP contribution is 2.37. The second kappa shape index (κ2) is 5.65. The Kier molecular flexibility index (Phi) is 3.70. The average Bonchev–Trinajstić information content (AvgIpc) is 3.30. The molecule has 5 heteroatoms. The van der Waals surface area contributed by atoms with E-state index in [-0.39, 0.29) is 11.6 Å². The standard InChI is InChI=1S/C16H18N4O/c1-2-3-8-16(18-19-16)9-6-15(21)20-11-7-14-13(12-20)5-4-10-17-14/h1,4-5,10H,3,6-9,11-12H2. The molecule has 21 heavy (non-hydrogen) atoms. The highest BCUT2D eigenvalue weighted by molar-refractivity contribution is 5.76. The first-order valence-corrected chi connectivity index (χ1v) is 7.30. The first-order valence-electron chi connectivity index (χ1n) is 7.30. The van der Waals surface area contributed by atoms with Crippen LogP contribution in [-0.2, 0) is 17.8 Å². The summed E-state index contributed by atoms with van der Waals surface area (Å²) in [6.07, 6.45) is 10.5. The summed E-state index contributed by atoms with van der Waals surface area (Å²) in [6, 6.07) is 3.96. The molecular weight excluding hydrogens is 264 g/mol. The summed E-state index contributed by atoms with van der Waals surface area (Å²) in [4.78, 5) is 18.6. The van der Waals surface area contributed by atoms with Crippen LogP contribution in [0.3, 0.4) is 0 Å². The fourth-order valence-electron chi connectivity index (χ4n) is 2.71. The van der Waals surface area contributed by atoms with Gasteiger partial charge in [-0.2, -0.15) is 10.2 Å². The minimum absolute atomic E-state index is 0.168. The Balaban J connectivity index is 1.52. The lowest BCUT2D eigenvalue weighted by Gasteiger charge is -2.28. The molecule has 0 bridgehead atoms. The lowest BCUT2D eigenvalue weighted by Crippen LogP contribution is -2.36. The van der Waals surface area contributed by atoms with Gasteiger partial charge >= 0.3 is 0 Å². The molecular formula is C16H18N4O. The number of terminal acetylenes is 1. The summed E-state index contributed by atoms with van der Waals surface area (Å²) in [5.74, 6) is 2.77. The summed E-state index contributed by atoms with van der Waals surface area (Å²) in [7, 11) is 0. The van der Waals surface area contributed by atoms with Gasteiger partial charge in [-0.3, -0.25) is 9.78 Å². The Hall–Kier alpha value is -2.22. The van der Waals surface area contributed by atoms with E-state index in [1.165, 1.54) is 0 Å². The van der Waals surface area contributed by atoms with Gasteiger partial charge in [0.1, 0.15) is 0 Å². The first kappa shape index (κ1) is 13.7. The topological polar surface area (TPSA) is 57.9 Å². The molecule has 1 aromatic rings. The minimum atomic E-state index is -0.364. The lowest BCUT2D eigenvalue weighted by molar-refractivity contribution is -0.132. The Morgan fingerprint density at radius 3 is 3.05 bits per heavy atom. The van der Waals surface area contributed by atoms with Gasteiger partial charge in [-0.1, -0.05) is 6.07 Å². The molecule has 1 aromatic heterocycles. The summed E-state index contributed by atoms with van der Waals surface area (Å²) in [5, 5.41) is 8.15. The van der Waals surface area contributed by atoms with E-state index < -0.39 is 0 Å². The normalized spacial score (nSPS) is 18.0. The molecule has 0 fully saturated rings. The molecule has 3 rings (SSSR count). The molecule has 108 valence electrons.